The normalized spacial score (nSPS) is 17.9. The molecule has 0 saturated heterocycles. The number of benzene rings is 5. The molecule has 4 heteroatoms. The summed E-state index contributed by atoms with van der Waals surface area (Å²) in [6.07, 6.45) is 9.33. The summed E-state index contributed by atoms with van der Waals surface area (Å²) in [6, 6.07) is 33.2. The fourth-order valence-corrected chi connectivity index (χ4v) is 15.2. The average Bonchev–Trinajstić information content (AvgIpc) is 3.32. The molecule has 0 radical (unpaired) electrons. The maximum Gasteiger partial charge on any atom is 0.171 e. The third-order valence-corrected chi connectivity index (χ3v) is 18.3. The zero-order valence-corrected chi connectivity index (χ0v) is 32.4. The summed E-state index contributed by atoms with van der Waals surface area (Å²) in [5.74, 6) is 1.81. The van der Waals surface area contributed by atoms with Gasteiger partial charge in [-0.2, -0.15) is 0 Å². The molecule has 0 bridgehead atoms. The van der Waals surface area contributed by atoms with Gasteiger partial charge >= 0.3 is 0 Å². The van der Waals surface area contributed by atoms with Crippen molar-refractivity contribution in [3.8, 4) is 22.6 Å². The lowest BCUT2D eigenvalue weighted by Crippen LogP contribution is -2.32. The van der Waals surface area contributed by atoms with E-state index in [4.69, 9.17) is 11.0 Å². The smallest absolute Gasteiger partial charge is 0.171 e. The molecule has 2 nitrogen and oxygen atoms in total. The largest absolute Gasteiger partial charge is 0.456 e. The summed E-state index contributed by atoms with van der Waals surface area (Å²) in [5.41, 5.74) is 11.9. The molecule has 0 spiro atoms. The molecule has 252 valence electrons. The number of allylic oxidation sites excluding steroid dienone is 4. The standard InChI is InChI=1S/C46H46O2P2/c1-28-10-14-32(5)42(22-28)50(47,43-23-29(2)11-15-33(43)6)35-17-19-37-36-18-16-34(26-38(36)46(7,8)39(37)27-35)49(9)44-24-30(3)12-20-40(44)48-41-21-13-31(4)25-45(41)49/h10,12-14,16-27H,9,11,15H2,1-8H3. The van der Waals surface area contributed by atoms with Crippen molar-refractivity contribution in [3.63, 3.8) is 0 Å². The second kappa shape index (κ2) is 11.5. The predicted molar refractivity (Wildman–Crippen MR) is 218 cm³/mol. The van der Waals surface area contributed by atoms with Gasteiger partial charge in [0.1, 0.15) is 11.5 Å². The molecular formula is C46H46O2P2. The number of hydrogen-bond donors (Lipinski definition) is 0. The van der Waals surface area contributed by atoms with E-state index in [-0.39, 0.29) is 5.41 Å². The molecular weight excluding hydrogens is 646 g/mol. The number of rotatable bonds is 4. The SMILES string of the molecule is C=P1(c2ccc3c(c2)C(C)(C)c2cc(P(=O)(C4=C(C)CCC(C)=C4)c4cc(C)ccc4C)ccc2-3)c2cc(C)ccc2Oc2ccc(C)cc21. The van der Waals surface area contributed by atoms with Gasteiger partial charge in [-0.05, 0) is 137 Å². The molecule has 8 rings (SSSR count). The van der Waals surface area contributed by atoms with Crippen molar-refractivity contribution in [1.29, 1.82) is 0 Å². The van der Waals surface area contributed by atoms with E-state index in [1.165, 1.54) is 60.4 Å². The Morgan fingerprint density at radius 2 is 1.26 bits per heavy atom. The highest BCUT2D eigenvalue weighted by molar-refractivity contribution is 7.93. The molecule has 5 aromatic rings. The van der Waals surface area contributed by atoms with Crippen LogP contribution in [-0.4, -0.2) is 6.30 Å². The van der Waals surface area contributed by atoms with Gasteiger partial charge in [0.2, 0.25) is 0 Å². The van der Waals surface area contributed by atoms with Gasteiger partial charge in [0, 0.05) is 31.9 Å². The molecule has 50 heavy (non-hydrogen) atoms. The molecule has 0 fully saturated rings. The minimum absolute atomic E-state index is 0.304. The molecule has 0 amide bonds. The number of aryl methyl sites for hydroxylation is 4. The fraction of sp³-hybridized carbons (Fsp3) is 0.239. The lowest BCUT2D eigenvalue weighted by molar-refractivity contribution is 0.488. The Morgan fingerprint density at radius 1 is 0.680 bits per heavy atom. The van der Waals surface area contributed by atoms with Crippen molar-refractivity contribution >= 4 is 46.9 Å². The Morgan fingerprint density at radius 3 is 1.92 bits per heavy atom. The lowest BCUT2D eigenvalue weighted by atomic mass is 9.82. The van der Waals surface area contributed by atoms with E-state index in [1.54, 1.807) is 0 Å². The molecule has 1 atom stereocenters. The van der Waals surface area contributed by atoms with Gasteiger partial charge in [0.05, 0.1) is 0 Å². The van der Waals surface area contributed by atoms with E-state index in [0.717, 1.165) is 51.4 Å². The summed E-state index contributed by atoms with van der Waals surface area (Å²) in [4.78, 5) is 0. The summed E-state index contributed by atoms with van der Waals surface area (Å²) in [6.45, 7) is 15.2. The monoisotopic (exact) mass is 692 g/mol. The van der Waals surface area contributed by atoms with Crippen LogP contribution in [0.4, 0.5) is 0 Å². The maximum absolute atomic E-state index is 16.1. The van der Waals surface area contributed by atoms with Crippen LogP contribution >= 0.6 is 14.0 Å². The topological polar surface area (TPSA) is 26.3 Å². The molecule has 0 saturated carbocycles. The van der Waals surface area contributed by atoms with Crippen LogP contribution in [0.15, 0.2) is 114 Å². The first-order valence-corrected chi connectivity index (χ1v) is 21.4. The lowest BCUT2D eigenvalue weighted by Gasteiger charge is -2.35. The average molecular weight is 693 g/mol. The van der Waals surface area contributed by atoms with Crippen LogP contribution in [0.25, 0.3) is 11.1 Å². The highest BCUT2D eigenvalue weighted by atomic mass is 31.2. The van der Waals surface area contributed by atoms with Crippen molar-refractivity contribution in [2.75, 3.05) is 0 Å². The van der Waals surface area contributed by atoms with Crippen molar-refractivity contribution in [2.24, 2.45) is 0 Å². The van der Waals surface area contributed by atoms with Gasteiger partial charge in [-0.3, -0.25) is 0 Å². The third-order valence-electron chi connectivity index (χ3n) is 11.5. The summed E-state index contributed by atoms with van der Waals surface area (Å²) < 4.78 is 22.6. The first kappa shape index (κ1) is 33.1. The van der Waals surface area contributed by atoms with Crippen LogP contribution in [0.5, 0.6) is 11.5 Å². The van der Waals surface area contributed by atoms with E-state index < -0.39 is 14.0 Å². The summed E-state index contributed by atoms with van der Waals surface area (Å²) in [5, 5.41) is 6.53. The van der Waals surface area contributed by atoms with Crippen LogP contribution in [0, 0.1) is 27.7 Å². The van der Waals surface area contributed by atoms with Gasteiger partial charge in [-0.1, -0.05) is 103 Å². The Bertz CT molecular complexity index is 2400. The molecule has 0 aromatic heterocycles. The minimum Gasteiger partial charge on any atom is -0.456 e. The number of fused-ring (bicyclic) bond motifs is 5. The molecule has 3 aliphatic rings. The van der Waals surface area contributed by atoms with Crippen LogP contribution in [0.1, 0.15) is 73.9 Å². The zero-order valence-electron chi connectivity index (χ0n) is 30.6. The van der Waals surface area contributed by atoms with Gasteiger partial charge < -0.3 is 9.30 Å². The van der Waals surface area contributed by atoms with Crippen LogP contribution < -0.4 is 31.3 Å². The zero-order chi connectivity index (χ0) is 35.3. The molecule has 0 N–H and O–H groups in total. The van der Waals surface area contributed by atoms with Crippen molar-refractivity contribution in [2.45, 2.75) is 73.6 Å². The summed E-state index contributed by atoms with van der Waals surface area (Å²) in [7, 11) is -3.18. The second-order valence-electron chi connectivity index (χ2n) is 15.5. The Labute approximate surface area is 298 Å². The quantitative estimate of drug-likeness (QED) is 0.172. The van der Waals surface area contributed by atoms with Crippen LogP contribution in [0.2, 0.25) is 0 Å². The second-order valence-corrected chi connectivity index (χ2v) is 21.3. The highest BCUT2D eigenvalue weighted by Crippen LogP contribution is 2.59. The van der Waals surface area contributed by atoms with Gasteiger partial charge in [-0.15, -0.1) is 0 Å². The first-order chi connectivity index (χ1) is 23.7. The van der Waals surface area contributed by atoms with Gasteiger partial charge in [0.25, 0.3) is 0 Å². The highest BCUT2D eigenvalue weighted by Gasteiger charge is 2.41. The van der Waals surface area contributed by atoms with Crippen molar-refractivity contribution in [1.82, 2.24) is 0 Å². The summed E-state index contributed by atoms with van der Waals surface area (Å²) >= 11 is 0. The number of ether oxygens (including phenoxy) is 1. The fourth-order valence-electron chi connectivity index (χ4n) is 8.47. The Hall–Kier alpha value is -4.09. The van der Waals surface area contributed by atoms with Gasteiger partial charge in [0.15, 0.2) is 7.14 Å². The van der Waals surface area contributed by atoms with Crippen LogP contribution in [0.3, 0.4) is 0 Å². The maximum atomic E-state index is 16.1. The molecule has 1 aliphatic heterocycles. The van der Waals surface area contributed by atoms with E-state index in [2.05, 4.69) is 152 Å². The van der Waals surface area contributed by atoms with E-state index in [1.807, 2.05) is 0 Å². The number of hydrogen-bond acceptors (Lipinski definition) is 2. The Balaban J connectivity index is 1.32. The van der Waals surface area contributed by atoms with Gasteiger partial charge in [-0.25, -0.2) is 0 Å². The van der Waals surface area contributed by atoms with E-state index in [9.17, 15) is 0 Å². The third kappa shape index (κ3) is 4.79. The van der Waals surface area contributed by atoms with Crippen LogP contribution in [-0.2, 0) is 9.98 Å². The molecule has 1 unspecified atom stereocenters. The molecule has 1 heterocycles. The molecule has 2 aliphatic carbocycles. The minimum atomic E-state index is -3.18. The predicted octanol–water partition coefficient (Wildman–Crippen LogP) is 10.4. The Kier molecular flexibility index (Phi) is 7.58. The first-order valence-electron chi connectivity index (χ1n) is 17.7. The van der Waals surface area contributed by atoms with E-state index in [0.29, 0.717) is 0 Å². The van der Waals surface area contributed by atoms with E-state index >= 15 is 4.57 Å². The van der Waals surface area contributed by atoms with Crippen molar-refractivity contribution in [3.05, 3.63) is 147 Å². The van der Waals surface area contributed by atoms with Crippen molar-refractivity contribution < 1.29 is 9.30 Å². The molecule has 5 aromatic carbocycles.